The summed E-state index contributed by atoms with van der Waals surface area (Å²) in [7, 11) is 0. The third-order valence-electron chi connectivity index (χ3n) is 4.64. The van der Waals surface area contributed by atoms with E-state index in [0.29, 0.717) is 0 Å². The zero-order valence-corrected chi connectivity index (χ0v) is 15.3. The minimum Gasteiger partial charge on any atom is -0.494 e. The Hall–Kier alpha value is -4.13. The lowest BCUT2D eigenvalue weighted by Crippen LogP contribution is -2.33. The van der Waals surface area contributed by atoms with Crippen LogP contribution < -0.4 is 11.2 Å². The quantitative estimate of drug-likeness (QED) is 0.361. The summed E-state index contributed by atoms with van der Waals surface area (Å²) in [6.45, 7) is 0.0225. The molecule has 0 atom stereocenters. The standard InChI is InChI=1S/C22H17N3O4/c26-18(11-10-15-12-23-17-9-5-4-8-16(15)17)19-20(27)24-22(29)25(21(19)28)13-14-6-2-1-3-7-14/h1-12,23,28H,13H2,(H,24,27,29). The molecule has 0 amide bonds. The van der Waals surface area contributed by atoms with Crippen molar-refractivity contribution in [3.8, 4) is 5.88 Å². The van der Waals surface area contributed by atoms with E-state index in [2.05, 4.69) is 9.97 Å². The van der Waals surface area contributed by atoms with E-state index in [-0.39, 0.29) is 6.54 Å². The number of aromatic amines is 2. The number of benzene rings is 2. The number of fused-ring (bicyclic) bond motifs is 1. The van der Waals surface area contributed by atoms with Crippen LogP contribution in [0.4, 0.5) is 0 Å². The second kappa shape index (κ2) is 7.47. The van der Waals surface area contributed by atoms with Crippen molar-refractivity contribution in [3.63, 3.8) is 0 Å². The van der Waals surface area contributed by atoms with E-state index in [4.69, 9.17) is 0 Å². The summed E-state index contributed by atoms with van der Waals surface area (Å²) in [5, 5.41) is 11.4. The molecule has 0 bridgehead atoms. The van der Waals surface area contributed by atoms with Crippen LogP contribution in [0.5, 0.6) is 5.88 Å². The molecule has 0 saturated heterocycles. The molecule has 3 N–H and O–H groups in total. The number of ketones is 1. The molecule has 0 fully saturated rings. The maximum absolute atomic E-state index is 12.6. The van der Waals surface area contributed by atoms with Gasteiger partial charge < -0.3 is 10.1 Å². The van der Waals surface area contributed by atoms with Crippen molar-refractivity contribution in [1.82, 2.24) is 14.5 Å². The third kappa shape index (κ3) is 3.53. The molecule has 2 aromatic carbocycles. The minimum absolute atomic E-state index is 0.0225. The van der Waals surface area contributed by atoms with Crippen LogP contribution in [-0.4, -0.2) is 25.4 Å². The lowest BCUT2D eigenvalue weighted by molar-refractivity contribution is 0.104. The normalized spacial score (nSPS) is 11.3. The van der Waals surface area contributed by atoms with Gasteiger partial charge in [0.2, 0.25) is 5.88 Å². The summed E-state index contributed by atoms with van der Waals surface area (Å²) >= 11 is 0. The fourth-order valence-corrected chi connectivity index (χ4v) is 3.18. The predicted molar refractivity (Wildman–Crippen MR) is 110 cm³/mol. The van der Waals surface area contributed by atoms with Crippen LogP contribution >= 0.6 is 0 Å². The lowest BCUT2D eigenvalue weighted by Gasteiger charge is -2.10. The first kappa shape index (κ1) is 18.2. The fourth-order valence-electron chi connectivity index (χ4n) is 3.18. The first-order valence-corrected chi connectivity index (χ1v) is 8.93. The Morgan fingerprint density at radius 2 is 1.76 bits per heavy atom. The Kier molecular flexibility index (Phi) is 4.70. The molecule has 0 radical (unpaired) electrons. The van der Waals surface area contributed by atoms with Crippen LogP contribution in [0.2, 0.25) is 0 Å². The molecule has 7 nitrogen and oxygen atoms in total. The summed E-state index contributed by atoms with van der Waals surface area (Å²) in [6, 6.07) is 16.5. The summed E-state index contributed by atoms with van der Waals surface area (Å²) in [4.78, 5) is 42.2. The van der Waals surface area contributed by atoms with Gasteiger partial charge in [0.25, 0.3) is 5.56 Å². The van der Waals surface area contributed by atoms with Crippen LogP contribution in [0.25, 0.3) is 17.0 Å². The average Bonchev–Trinajstić information content (AvgIpc) is 3.13. The molecule has 0 spiro atoms. The van der Waals surface area contributed by atoms with Gasteiger partial charge in [-0.3, -0.25) is 19.1 Å². The minimum atomic E-state index is -0.926. The van der Waals surface area contributed by atoms with Gasteiger partial charge in [-0.1, -0.05) is 48.5 Å². The monoisotopic (exact) mass is 387 g/mol. The maximum Gasteiger partial charge on any atom is 0.331 e. The van der Waals surface area contributed by atoms with Crippen LogP contribution in [0, 0.1) is 0 Å². The maximum atomic E-state index is 12.6. The van der Waals surface area contributed by atoms with Gasteiger partial charge in [-0.15, -0.1) is 0 Å². The van der Waals surface area contributed by atoms with Crippen molar-refractivity contribution in [2.45, 2.75) is 6.54 Å². The smallest absolute Gasteiger partial charge is 0.331 e. The van der Waals surface area contributed by atoms with Gasteiger partial charge in [-0.2, -0.15) is 0 Å². The number of allylic oxidation sites excluding steroid dienone is 1. The van der Waals surface area contributed by atoms with E-state index in [0.717, 1.165) is 26.6 Å². The lowest BCUT2D eigenvalue weighted by atomic mass is 10.1. The summed E-state index contributed by atoms with van der Waals surface area (Å²) < 4.78 is 0.962. The van der Waals surface area contributed by atoms with Crippen molar-refractivity contribution in [2.75, 3.05) is 0 Å². The largest absolute Gasteiger partial charge is 0.494 e. The van der Waals surface area contributed by atoms with Crippen molar-refractivity contribution >= 4 is 22.8 Å². The highest BCUT2D eigenvalue weighted by atomic mass is 16.3. The Morgan fingerprint density at radius 1 is 1.03 bits per heavy atom. The number of nitrogens with one attached hydrogen (secondary N) is 2. The molecule has 2 heterocycles. The first-order valence-electron chi connectivity index (χ1n) is 8.93. The van der Waals surface area contributed by atoms with Gasteiger partial charge in [-0.05, 0) is 29.3 Å². The average molecular weight is 387 g/mol. The zero-order valence-electron chi connectivity index (χ0n) is 15.3. The fraction of sp³-hybridized carbons (Fsp3) is 0.0455. The highest BCUT2D eigenvalue weighted by Crippen LogP contribution is 2.20. The molecule has 7 heteroatoms. The number of aromatic nitrogens is 3. The van der Waals surface area contributed by atoms with E-state index < -0.39 is 28.5 Å². The van der Waals surface area contributed by atoms with Gasteiger partial charge in [0, 0.05) is 17.1 Å². The van der Waals surface area contributed by atoms with Gasteiger partial charge in [-0.25, -0.2) is 4.79 Å². The molecule has 4 rings (SSSR count). The van der Waals surface area contributed by atoms with E-state index in [1.165, 1.54) is 6.08 Å². The predicted octanol–water partition coefficient (Wildman–Crippen LogP) is 2.67. The van der Waals surface area contributed by atoms with Crippen LogP contribution in [-0.2, 0) is 6.54 Å². The van der Waals surface area contributed by atoms with E-state index in [9.17, 15) is 19.5 Å². The summed E-state index contributed by atoms with van der Waals surface area (Å²) in [5.74, 6) is -1.35. The van der Waals surface area contributed by atoms with Crippen molar-refractivity contribution in [2.24, 2.45) is 0 Å². The van der Waals surface area contributed by atoms with Gasteiger partial charge in [0.1, 0.15) is 5.56 Å². The topological polar surface area (TPSA) is 108 Å². The molecular formula is C22H17N3O4. The van der Waals surface area contributed by atoms with Crippen LogP contribution in [0.3, 0.4) is 0 Å². The summed E-state index contributed by atoms with van der Waals surface area (Å²) in [5.41, 5.74) is 0.236. The molecule has 4 aromatic rings. The van der Waals surface area contributed by atoms with Crippen molar-refractivity contribution in [3.05, 3.63) is 104 Å². The summed E-state index contributed by atoms with van der Waals surface area (Å²) in [6.07, 6.45) is 4.51. The molecule has 29 heavy (non-hydrogen) atoms. The van der Waals surface area contributed by atoms with E-state index >= 15 is 0 Å². The van der Waals surface area contributed by atoms with Crippen molar-refractivity contribution < 1.29 is 9.90 Å². The number of carbonyl (C=O) groups excluding carboxylic acids is 1. The molecule has 0 unspecified atom stereocenters. The second-order valence-corrected chi connectivity index (χ2v) is 6.52. The first-order chi connectivity index (χ1) is 14.0. The highest BCUT2D eigenvalue weighted by Gasteiger charge is 2.19. The number of H-pyrrole nitrogens is 2. The molecule has 0 aliphatic carbocycles. The molecule has 144 valence electrons. The van der Waals surface area contributed by atoms with Crippen molar-refractivity contribution in [1.29, 1.82) is 0 Å². The number of para-hydroxylation sites is 1. The highest BCUT2D eigenvalue weighted by molar-refractivity contribution is 6.08. The van der Waals surface area contributed by atoms with Crippen LogP contribution in [0.1, 0.15) is 21.5 Å². The van der Waals surface area contributed by atoms with E-state index in [1.807, 2.05) is 30.3 Å². The van der Waals surface area contributed by atoms with Gasteiger partial charge >= 0.3 is 5.69 Å². The van der Waals surface area contributed by atoms with Gasteiger partial charge in [0.15, 0.2) is 5.78 Å². The second-order valence-electron chi connectivity index (χ2n) is 6.52. The third-order valence-corrected chi connectivity index (χ3v) is 4.64. The van der Waals surface area contributed by atoms with Crippen LogP contribution in [0.15, 0.2) is 76.5 Å². The van der Waals surface area contributed by atoms with E-state index in [1.54, 1.807) is 36.5 Å². The Bertz CT molecular complexity index is 1340. The molecule has 0 saturated carbocycles. The Balaban J connectivity index is 1.70. The molecule has 0 aliphatic rings. The zero-order chi connectivity index (χ0) is 20.4. The Morgan fingerprint density at radius 3 is 2.55 bits per heavy atom. The molecule has 0 aliphatic heterocycles. The SMILES string of the molecule is O=C(C=Cc1c[nH]c2ccccc12)c1c(O)n(Cc2ccccc2)c(=O)[nH]c1=O. The number of hydrogen-bond donors (Lipinski definition) is 3. The number of nitrogens with zero attached hydrogens (tertiary/aromatic N) is 1. The number of carbonyl (C=O) groups is 1. The molecular weight excluding hydrogens is 370 g/mol. The number of hydrogen-bond acceptors (Lipinski definition) is 4. The molecule has 2 aromatic heterocycles. The number of aromatic hydroxyl groups is 1. The Labute approximate surface area is 164 Å². The van der Waals surface area contributed by atoms with Gasteiger partial charge in [0.05, 0.1) is 6.54 Å². The number of rotatable bonds is 5.